The molecule has 0 fully saturated rings. The normalized spacial score (nSPS) is 13.9. The molecule has 10 rings (SSSR count). The smallest absolute Gasteiger partial charge is 0.382 e. The summed E-state index contributed by atoms with van der Waals surface area (Å²) in [6.45, 7) is 15.8. The molecule has 0 radical (unpaired) electrons. The maximum Gasteiger partial charge on any atom is 0.382 e. The molecule has 3 heterocycles. The van der Waals surface area contributed by atoms with Crippen molar-refractivity contribution in [1.29, 1.82) is 0 Å². The van der Waals surface area contributed by atoms with Crippen LogP contribution in [0.5, 0.6) is 0 Å². The Balaban J connectivity index is 1.08. The largest absolute Gasteiger partial charge is 0.472 e. The average Bonchev–Trinajstić information content (AvgIpc) is 4.21. The van der Waals surface area contributed by atoms with Gasteiger partial charge in [0.15, 0.2) is 5.65 Å². The van der Waals surface area contributed by atoms with E-state index in [0.29, 0.717) is 12.1 Å². The maximum atomic E-state index is 11.3. The highest BCUT2D eigenvalue weighted by molar-refractivity contribution is 7.15. The summed E-state index contributed by atoms with van der Waals surface area (Å²) >= 11 is 1.79. The lowest BCUT2D eigenvalue weighted by atomic mass is 9.70. The Kier molecular flexibility index (Phi) is 13.6. The van der Waals surface area contributed by atoms with Crippen molar-refractivity contribution < 1.29 is 9.90 Å². The van der Waals surface area contributed by atoms with Crippen LogP contribution in [0, 0.1) is 11.8 Å². The van der Waals surface area contributed by atoms with Crippen LogP contribution in [0.2, 0.25) is 0 Å². The third-order valence-electron chi connectivity index (χ3n) is 15.8. The number of hydrogen-bond donors (Lipinski definition) is 2. The molecule has 7 nitrogen and oxygen atoms in total. The van der Waals surface area contributed by atoms with Gasteiger partial charge in [0.1, 0.15) is 0 Å². The van der Waals surface area contributed by atoms with Gasteiger partial charge in [-0.15, -0.1) is 21.5 Å². The molecule has 2 aliphatic carbocycles. The van der Waals surface area contributed by atoms with E-state index in [1.54, 1.807) is 15.9 Å². The average molecular weight is 972 g/mol. The highest BCUT2D eigenvalue weighted by atomic mass is 32.1. The van der Waals surface area contributed by atoms with E-state index in [-0.39, 0.29) is 22.1 Å². The van der Waals surface area contributed by atoms with E-state index in [9.17, 15) is 9.90 Å². The quantitative estimate of drug-likeness (QED) is 0.0837. The van der Waals surface area contributed by atoms with Gasteiger partial charge < -0.3 is 10.0 Å². The molecule has 0 saturated heterocycles. The van der Waals surface area contributed by atoms with E-state index < -0.39 is 5.97 Å². The van der Waals surface area contributed by atoms with Crippen LogP contribution in [0.4, 0.5) is 17.1 Å². The Labute approximate surface area is 430 Å². The second-order valence-electron chi connectivity index (χ2n) is 21.4. The summed E-state index contributed by atoms with van der Waals surface area (Å²) in [5.74, 6) is 3.92. The highest BCUT2D eigenvalue weighted by Crippen LogP contribution is 2.58. The van der Waals surface area contributed by atoms with E-state index in [2.05, 4.69) is 202 Å². The number of carboxylic acids is 1. The van der Waals surface area contributed by atoms with Crippen LogP contribution in [0.3, 0.4) is 0 Å². The van der Waals surface area contributed by atoms with Gasteiger partial charge in [-0.25, -0.2) is 9.31 Å². The number of nitrogens with one attached hydrogen (secondary N) is 1. The lowest BCUT2D eigenvalue weighted by Gasteiger charge is -2.35. The van der Waals surface area contributed by atoms with Crippen LogP contribution in [0.1, 0.15) is 170 Å². The fourth-order valence-electron chi connectivity index (χ4n) is 12.3. The molecular formula is C64H69N5O2S. The number of H-pyrrole nitrogens is 1. The Bertz CT molecular complexity index is 3200. The summed E-state index contributed by atoms with van der Waals surface area (Å²) in [4.78, 5) is 16.2. The molecule has 0 saturated carbocycles. The predicted molar refractivity (Wildman–Crippen MR) is 298 cm³/mol. The van der Waals surface area contributed by atoms with Crippen LogP contribution >= 0.6 is 11.3 Å². The van der Waals surface area contributed by atoms with Gasteiger partial charge in [0.25, 0.3) is 0 Å². The third kappa shape index (κ3) is 8.68. The number of aromatic nitrogens is 4. The number of benzene rings is 5. The number of thiophene rings is 1. The molecule has 0 bridgehead atoms. The number of aromatic amines is 1. The van der Waals surface area contributed by atoms with Gasteiger partial charge in [0, 0.05) is 66.7 Å². The Morgan fingerprint density at radius 1 is 0.639 bits per heavy atom. The summed E-state index contributed by atoms with van der Waals surface area (Å²) in [7, 11) is 0. The van der Waals surface area contributed by atoms with E-state index in [1.807, 2.05) is 0 Å². The number of hydrogen-bond acceptors (Lipinski definition) is 5. The number of unbranched alkanes of at least 4 members (excludes halogenated alkanes) is 4. The number of anilines is 3. The number of aliphatic carboxylic acids is 1. The lowest BCUT2D eigenvalue weighted by molar-refractivity contribution is -0.130. The molecule has 8 heteroatoms. The predicted octanol–water partition coefficient (Wildman–Crippen LogP) is 16.9. The van der Waals surface area contributed by atoms with Gasteiger partial charge in [0.05, 0.1) is 0 Å². The van der Waals surface area contributed by atoms with E-state index in [0.717, 1.165) is 42.6 Å². The Hall–Kier alpha value is -6.69. The van der Waals surface area contributed by atoms with Gasteiger partial charge in [-0.3, -0.25) is 5.10 Å². The van der Waals surface area contributed by atoms with Gasteiger partial charge in [-0.1, -0.05) is 173 Å². The summed E-state index contributed by atoms with van der Waals surface area (Å²) < 4.78 is 1.72. The SMILES string of the molecule is CCCCC1(CCCC)c2ccccc2-c2ccc(N(c3ccc(-c4ccc(Cc5c(C(C)(C)C)[nH]n6c(C#CC(=O)O)nnc56)s4)cc3)c3ccc4c(c3)C(CCCC)(CCCC)c3ccccc3-4)cc21. The molecular weight excluding hydrogens is 903 g/mol. The molecule has 72 heavy (non-hydrogen) atoms. The Morgan fingerprint density at radius 3 is 1.64 bits per heavy atom. The standard InChI is InChI=1S/C64H69N5O2S/c1-8-12-36-63(37-13-9-2)53-22-18-16-20-48(53)50-31-28-45(40-55(50)63)68(46-29-32-51-49-21-17-19-23-54(49)64(38-14-10-3,39-15-11-4)56(51)41-46)44-26-24-43(25-27-44)57-33-30-47(72-57)42-52-60(62(5,6)7)67-69-58(34-35-59(70)71)65-66-61(52)69/h16-33,40-41,67H,8-15,36-39,42H2,1-7H3,(H,70,71). The van der Waals surface area contributed by atoms with Crippen LogP contribution in [0.25, 0.3) is 38.3 Å². The summed E-state index contributed by atoms with van der Waals surface area (Å²) in [6, 6.07) is 47.0. The summed E-state index contributed by atoms with van der Waals surface area (Å²) in [5.41, 5.74) is 18.7. The van der Waals surface area contributed by atoms with E-state index in [1.165, 1.54) is 123 Å². The van der Waals surface area contributed by atoms with Gasteiger partial charge in [-0.2, -0.15) is 0 Å². The topological polar surface area (TPSA) is 86.5 Å². The van der Waals surface area contributed by atoms with Crippen molar-refractivity contribution in [3.8, 4) is 44.5 Å². The maximum absolute atomic E-state index is 11.3. The molecule has 0 aliphatic heterocycles. The first-order chi connectivity index (χ1) is 34.9. The van der Waals surface area contributed by atoms with Crippen LogP contribution in [0.15, 0.2) is 121 Å². The van der Waals surface area contributed by atoms with E-state index in [4.69, 9.17) is 0 Å². The van der Waals surface area contributed by atoms with Crippen LogP contribution in [-0.4, -0.2) is 30.9 Å². The zero-order valence-electron chi connectivity index (χ0n) is 43.3. The molecule has 2 N–H and O–H groups in total. The highest BCUT2D eigenvalue weighted by Gasteiger charge is 2.44. The first-order valence-electron chi connectivity index (χ1n) is 26.6. The number of fused-ring (bicyclic) bond motifs is 7. The summed E-state index contributed by atoms with van der Waals surface area (Å²) in [5, 5.41) is 21.4. The fraction of sp³-hybridized carbons (Fsp3) is 0.359. The third-order valence-corrected chi connectivity index (χ3v) is 16.9. The number of carboxylic acid groups (broad SMARTS) is 1. The number of nitrogens with zero attached hydrogens (tertiary/aromatic N) is 4. The minimum absolute atomic E-state index is 0.0277. The number of rotatable bonds is 18. The van der Waals surface area contributed by atoms with Crippen molar-refractivity contribution in [2.45, 2.75) is 148 Å². The van der Waals surface area contributed by atoms with Crippen molar-refractivity contribution >= 4 is 40.0 Å². The number of carbonyl (C=O) groups is 1. The monoisotopic (exact) mass is 972 g/mol. The van der Waals surface area contributed by atoms with Gasteiger partial charge in [0.2, 0.25) is 5.82 Å². The second kappa shape index (κ2) is 20.1. The zero-order valence-corrected chi connectivity index (χ0v) is 44.1. The van der Waals surface area contributed by atoms with Gasteiger partial charge >= 0.3 is 5.97 Å². The minimum atomic E-state index is -1.20. The molecule has 0 spiro atoms. The van der Waals surface area contributed by atoms with E-state index >= 15 is 0 Å². The van der Waals surface area contributed by atoms with Crippen LogP contribution in [-0.2, 0) is 27.5 Å². The molecule has 0 unspecified atom stereocenters. The van der Waals surface area contributed by atoms with Crippen LogP contribution < -0.4 is 4.90 Å². The van der Waals surface area contributed by atoms with Gasteiger partial charge in [-0.05, 0) is 130 Å². The summed E-state index contributed by atoms with van der Waals surface area (Å²) in [6.07, 6.45) is 14.7. The van der Waals surface area contributed by atoms with Crippen molar-refractivity contribution in [3.63, 3.8) is 0 Å². The molecule has 3 aromatic heterocycles. The lowest BCUT2D eigenvalue weighted by Crippen LogP contribution is -2.26. The fourth-order valence-corrected chi connectivity index (χ4v) is 13.3. The second-order valence-corrected chi connectivity index (χ2v) is 22.6. The first kappa shape index (κ1) is 48.9. The van der Waals surface area contributed by atoms with Crippen molar-refractivity contribution in [2.75, 3.05) is 4.90 Å². The van der Waals surface area contributed by atoms with Crippen molar-refractivity contribution in [3.05, 3.63) is 166 Å². The van der Waals surface area contributed by atoms with Crippen molar-refractivity contribution in [2.24, 2.45) is 0 Å². The zero-order chi connectivity index (χ0) is 50.2. The van der Waals surface area contributed by atoms with Crippen molar-refractivity contribution in [1.82, 2.24) is 19.8 Å². The molecule has 2 aliphatic rings. The molecule has 0 atom stereocenters. The molecule has 5 aromatic carbocycles. The molecule has 368 valence electrons. The Morgan fingerprint density at radius 2 is 1.14 bits per heavy atom. The molecule has 8 aromatic rings. The molecule has 0 amide bonds. The first-order valence-corrected chi connectivity index (χ1v) is 27.5. The minimum Gasteiger partial charge on any atom is -0.472 e.